The number of pyridine rings is 1. The summed E-state index contributed by atoms with van der Waals surface area (Å²) in [6.45, 7) is 4.97. The van der Waals surface area contributed by atoms with Gasteiger partial charge in [0.05, 0.1) is 18.1 Å². The Balaban J connectivity index is 1.38. The lowest BCUT2D eigenvalue weighted by Crippen LogP contribution is -2.39. The molecule has 0 unspecified atom stereocenters. The van der Waals surface area contributed by atoms with E-state index >= 15 is 0 Å². The van der Waals surface area contributed by atoms with Gasteiger partial charge >= 0.3 is 0 Å². The Bertz CT molecular complexity index is 1050. The lowest BCUT2D eigenvalue weighted by Gasteiger charge is -2.25. The van der Waals surface area contributed by atoms with Crippen LogP contribution >= 0.6 is 11.3 Å². The number of nitrogens with one attached hydrogen (secondary N) is 3. The van der Waals surface area contributed by atoms with Crippen molar-refractivity contribution < 1.29 is 9.18 Å². The summed E-state index contributed by atoms with van der Waals surface area (Å²) in [7, 11) is 0. The van der Waals surface area contributed by atoms with Crippen LogP contribution in [0.4, 0.5) is 10.3 Å². The molecule has 0 saturated carbocycles. The van der Waals surface area contributed by atoms with Crippen molar-refractivity contribution in [2.24, 2.45) is 0 Å². The van der Waals surface area contributed by atoms with Gasteiger partial charge in [0.2, 0.25) is 11.9 Å². The van der Waals surface area contributed by atoms with Gasteiger partial charge < -0.3 is 16.0 Å². The summed E-state index contributed by atoms with van der Waals surface area (Å²) in [5.41, 5.74) is 0.280. The molecule has 31 heavy (non-hydrogen) atoms. The van der Waals surface area contributed by atoms with Crippen LogP contribution in [-0.4, -0.2) is 38.4 Å². The van der Waals surface area contributed by atoms with E-state index in [2.05, 4.69) is 35.9 Å². The van der Waals surface area contributed by atoms with Crippen LogP contribution in [0.2, 0.25) is 0 Å². The monoisotopic (exact) mass is 441 g/mol. The molecule has 10 heteroatoms. The molecule has 162 valence electrons. The first-order valence-corrected chi connectivity index (χ1v) is 10.9. The smallest absolute Gasteiger partial charge is 0.237 e. The number of hydrogen-bond acceptors (Lipinski definition) is 8. The van der Waals surface area contributed by atoms with Crippen LogP contribution in [0.1, 0.15) is 37.3 Å². The number of rotatable bonds is 7. The maximum absolute atomic E-state index is 14.1. The van der Waals surface area contributed by atoms with Gasteiger partial charge in [0.1, 0.15) is 16.5 Å². The molecule has 0 bridgehead atoms. The summed E-state index contributed by atoms with van der Waals surface area (Å²) in [4.78, 5) is 30.3. The van der Waals surface area contributed by atoms with E-state index in [0.29, 0.717) is 18.2 Å². The van der Waals surface area contributed by atoms with Crippen LogP contribution in [0.3, 0.4) is 0 Å². The molecule has 8 nitrogen and oxygen atoms in total. The summed E-state index contributed by atoms with van der Waals surface area (Å²) < 4.78 is 14.1. The topological polar surface area (TPSA) is 105 Å². The van der Waals surface area contributed by atoms with Crippen molar-refractivity contribution in [2.75, 3.05) is 11.9 Å². The maximum atomic E-state index is 14.1. The Morgan fingerprint density at radius 1 is 1.26 bits per heavy atom. The maximum Gasteiger partial charge on any atom is 0.237 e. The van der Waals surface area contributed by atoms with Crippen LogP contribution in [0.25, 0.3) is 10.6 Å². The number of amides is 1. The largest absolute Gasteiger partial charge is 0.350 e. The third-order valence-electron chi connectivity index (χ3n) is 5.04. The fourth-order valence-corrected chi connectivity index (χ4v) is 4.24. The summed E-state index contributed by atoms with van der Waals surface area (Å²) in [5.74, 6) is 0.00724. The highest BCUT2D eigenvalue weighted by Crippen LogP contribution is 2.27. The molecule has 1 fully saturated rings. The SMILES string of the molecule is CC(C)(Nc1ncc(-c2ncc(CNC(=O)[C@H]3CCCN3)s2)cn1)c1ncccc1F. The number of carbonyl (C=O) groups is 1. The van der Waals surface area contributed by atoms with Gasteiger partial charge in [-0.1, -0.05) is 0 Å². The van der Waals surface area contributed by atoms with Crippen LogP contribution < -0.4 is 16.0 Å². The van der Waals surface area contributed by atoms with Crippen molar-refractivity contribution in [1.29, 1.82) is 0 Å². The van der Waals surface area contributed by atoms with Crippen LogP contribution in [0, 0.1) is 5.82 Å². The van der Waals surface area contributed by atoms with E-state index in [-0.39, 0.29) is 17.8 Å². The van der Waals surface area contributed by atoms with Gasteiger partial charge in [-0.15, -0.1) is 11.3 Å². The van der Waals surface area contributed by atoms with E-state index in [1.165, 1.54) is 17.4 Å². The average Bonchev–Trinajstić information content (AvgIpc) is 3.45. The summed E-state index contributed by atoms with van der Waals surface area (Å²) >= 11 is 1.48. The molecule has 0 radical (unpaired) electrons. The number of halogens is 1. The molecule has 1 saturated heterocycles. The van der Waals surface area contributed by atoms with E-state index in [9.17, 15) is 9.18 Å². The molecule has 0 aliphatic carbocycles. The molecule has 1 aliphatic heterocycles. The van der Waals surface area contributed by atoms with Gasteiger partial charge in [0.15, 0.2) is 0 Å². The minimum atomic E-state index is -0.784. The van der Waals surface area contributed by atoms with E-state index in [4.69, 9.17) is 0 Å². The zero-order chi connectivity index (χ0) is 21.8. The molecule has 1 atom stereocenters. The van der Waals surface area contributed by atoms with Gasteiger partial charge in [-0.05, 0) is 45.4 Å². The molecule has 0 spiro atoms. The van der Waals surface area contributed by atoms with E-state index < -0.39 is 5.54 Å². The predicted octanol–water partition coefficient (Wildman–Crippen LogP) is 2.85. The molecule has 4 rings (SSSR count). The first kappa shape index (κ1) is 21.3. The third kappa shape index (κ3) is 5.02. The van der Waals surface area contributed by atoms with Gasteiger partial charge in [-0.2, -0.15) is 0 Å². The fourth-order valence-electron chi connectivity index (χ4n) is 3.42. The highest BCUT2D eigenvalue weighted by molar-refractivity contribution is 7.15. The molecule has 3 N–H and O–H groups in total. The number of carbonyl (C=O) groups excluding carboxylic acids is 1. The lowest BCUT2D eigenvalue weighted by atomic mass is 9.99. The van der Waals surface area contributed by atoms with Crippen molar-refractivity contribution in [2.45, 2.75) is 44.8 Å². The van der Waals surface area contributed by atoms with Crippen LogP contribution in [0.15, 0.2) is 36.9 Å². The van der Waals surface area contributed by atoms with Gasteiger partial charge in [-0.25, -0.2) is 19.3 Å². The standard InChI is InChI=1S/C21H24FN7OS/c1-21(2,17-15(22)5-3-8-24-17)29-20-27-9-13(10-28-20)19-26-12-14(31-19)11-25-18(30)16-6-4-7-23-16/h3,5,8-10,12,16,23H,4,6-7,11H2,1-2H3,(H,25,30)(H,27,28,29)/t16-/m1/s1. The number of hydrogen-bond donors (Lipinski definition) is 3. The van der Waals surface area contributed by atoms with Crippen molar-refractivity contribution in [3.63, 3.8) is 0 Å². The average molecular weight is 442 g/mol. The molecular weight excluding hydrogens is 417 g/mol. The molecule has 1 aliphatic rings. The third-order valence-corrected chi connectivity index (χ3v) is 6.09. The van der Waals surface area contributed by atoms with Gasteiger partial charge in [-0.3, -0.25) is 9.78 Å². The van der Waals surface area contributed by atoms with Crippen molar-refractivity contribution in [1.82, 2.24) is 30.6 Å². The molecule has 4 heterocycles. The molecule has 1 amide bonds. The summed E-state index contributed by atoms with van der Waals surface area (Å²) in [5, 5.41) is 10.0. The zero-order valence-corrected chi connectivity index (χ0v) is 18.2. The van der Waals surface area contributed by atoms with Crippen molar-refractivity contribution in [3.05, 3.63) is 53.3 Å². The number of anilines is 1. The van der Waals surface area contributed by atoms with Crippen LogP contribution in [0.5, 0.6) is 0 Å². The first-order chi connectivity index (χ1) is 14.9. The second-order valence-corrected chi connectivity index (χ2v) is 8.99. The summed E-state index contributed by atoms with van der Waals surface area (Å²) in [6, 6.07) is 2.84. The minimum absolute atomic E-state index is 0.0261. The normalized spacial score (nSPS) is 16.3. The molecule has 3 aromatic rings. The lowest BCUT2D eigenvalue weighted by molar-refractivity contribution is -0.122. The minimum Gasteiger partial charge on any atom is -0.350 e. The Labute approximate surface area is 183 Å². The van der Waals surface area contributed by atoms with Crippen LogP contribution in [-0.2, 0) is 16.9 Å². The van der Waals surface area contributed by atoms with E-state index in [0.717, 1.165) is 34.8 Å². The highest BCUT2D eigenvalue weighted by atomic mass is 32.1. The Kier molecular flexibility index (Phi) is 6.19. The summed E-state index contributed by atoms with van der Waals surface area (Å²) in [6.07, 6.45) is 8.55. The Hall–Kier alpha value is -2.98. The molecule has 0 aromatic carbocycles. The molecule has 3 aromatic heterocycles. The second kappa shape index (κ2) is 9.03. The number of aromatic nitrogens is 4. The second-order valence-electron chi connectivity index (χ2n) is 7.88. The van der Waals surface area contributed by atoms with Crippen molar-refractivity contribution in [3.8, 4) is 10.6 Å². The Morgan fingerprint density at radius 2 is 2.06 bits per heavy atom. The molecular formula is C21H24FN7OS. The van der Waals surface area contributed by atoms with E-state index in [1.807, 2.05) is 13.8 Å². The highest BCUT2D eigenvalue weighted by Gasteiger charge is 2.26. The number of thiazole rings is 1. The Morgan fingerprint density at radius 3 is 2.77 bits per heavy atom. The predicted molar refractivity (Wildman–Crippen MR) is 117 cm³/mol. The first-order valence-electron chi connectivity index (χ1n) is 10.1. The van der Waals surface area contributed by atoms with Crippen molar-refractivity contribution >= 4 is 23.2 Å². The fraction of sp³-hybridized carbons (Fsp3) is 0.381. The van der Waals surface area contributed by atoms with E-state index in [1.54, 1.807) is 30.9 Å². The number of nitrogens with zero attached hydrogens (tertiary/aromatic N) is 4. The zero-order valence-electron chi connectivity index (χ0n) is 17.4. The van der Waals surface area contributed by atoms with Gasteiger partial charge in [0, 0.05) is 35.2 Å². The quantitative estimate of drug-likeness (QED) is 0.518. The van der Waals surface area contributed by atoms with Gasteiger partial charge in [0.25, 0.3) is 0 Å².